The van der Waals surface area contributed by atoms with Crippen molar-refractivity contribution >= 4 is 21.8 Å². The molecule has 0 aliphatic rings. The number of hydrogen-bond acceptors (Lipinski definition) is 4. The molecule has 0 spiro atoms. The van der Waals surface area contributed by atoms with E-state index in [-0.39, 0.29) is 5.75 Å². The molecule has 0 fully saturated rings. The quantitative estimate of drug-likeness (QED) is 0.377. The molecule has 4 rings (SSSR count). The Morgan fingerprint density at radius 1 is 1.06 bits per heavy atom. The number of hydrogen-bond donors (Lipinski definition) is 2. The highest BCUT2D eigenvalue weighted by Crippen LogP contribution is 2.39. The number of benzene rings is 2. The number of aromatic nitrogens is 2. The van der Waals surface area contributed by atoms with Crippen molar-refractivity contribution < 1.29 is 22.6 Å². The maximum atomic E-state index is 12.7. The Bertz CT molecular complexity index is 1220. The number of aryl methyl sites for hydroxylation is 1. The summed E-state index contributed by atoms with van der Waals surface area (Å²) in [6.45, 7) is 0.551. The van der Waals surface area contributed by atoms with Crippen LogP contribution in [0.15, 0.2) is 48.7 Å². The van der Waals surface area contributed by atoms with Crippen molar-refractivity contribution in [3.63, 3.8) is 0 Å². The third kappa shape index (κ3) is 4.29. The van der Waals surface area contributed by atoms with E-state index >= 15 is 0 Å². The van der Waals surface area contributed by atoms with Gasteiger partial charge >= 0.3 is 6.36 Å². The summed E-state index contributed by atoms with van der Waals surface area (Å²) in [4.78, 5) is 7.84. The summed E-state index contributed by atoms with van der Waals surface area (Å²) in [5, 5.41) is 1.59. The van der Waals surface area contributed by atoms with Gasteiger partial charge in [0.15, 0.2) is 0 Å². The number of aromatic amines is 1. The van der Waals surface area contributed by atoms with Gasteiger partial charge in [0.05, 0.1) is 12.8 Å². The third-order valence-electron chi connectivity index (χ3n) is 5.21. The van der Waals surface area contributed by atoms with Crippen molar-refractivity contribution in [3.05, 3.63) is 54.2 Å². The van der Waals surface area contributed by atoms with Crippen LogP contribution in [-0.2, 0) is 6.42 Å². The first-order valence-electron chi connectivity index (χ1n) is 9.94. The van der Waals surface area contributed by atoms with Crippen LogP contribution in [0.4, 0.5) is 13.2 Å². The van der Waals surface area contributed by atoms with Crippen LogP contribution >= 0.6 is 0 Å². The van der Waals surface area contributed by atoms with Crippen molar-refractivity contribution in [1.82, 2.24) is 9.97 Å². The smallest absolute Gasteiger partial charge is 0.494 e. The lowest BCUT2D eigenvalue weighted by molar-refractivity contribution is -0.274. The molecule has 0 amide bonds. The van der Waals surface area contributed by atoms with Crippen LogP contribution in [0.3, 0.4) is 0 Å². The van der Waals surface area contributed by atoms with Gasteiger partial charge in [0.25, 0.3) is 0 Å². The molecular formula is C23H22F3N3O2. The highest BCUT2D eigenvalue weighted by Gasteiger charge is 2.31. The van der Waals surface area contributed by atoms with Gasteiger partial charge in [0.1, 0.15) is 17.0 Å². The predicted molar refractivity (Wildman–Crippen MR) is 114 cm³/mol. The minimum Gasteiger partial charge on any atom is -0.494 e. The zero-order valence-corrected chi connectivity index (χ0v) is 16.9. The number of H-pyrrole nitrogens is 1. The van der Waals surface area contributed by atoms with Crippen molar-refractivity contribution in [2.75, 3.05) is 13.7 Å². The van der Waals surface area contributed by atoms with Crippen molar-refractivity contribution in [1.29, 1.82) is 0 Å². The molecule has 3 N–H and O–H groups in total. The topological polar surface area (TPSA) is 73.2 Å². The van der Waals surface area contributed by atoms with Gasteiger partial charge in [0, 0.05) is 28.0 Å². The summed E-state index contributed by atoms with van der Waals surface area (Å²) in [6.07, 6.45) is -0.758. The van der Waals surface area contributed by atoms with Gasteiger partial charge in [-0.05, 0) is 67.8 Å². The van der Waals surface area contributed by atoms with Gasteiger partial charge in [-0.2, -0.15) is 0 Å². The Hall–Kier alpha value is -3.26. The third-order valence-corrected chi connectivity index (χ3v) is 5.21. The van der Waals surface area contributed by atoms with E-state index in [0.29, 0.717) is 24.1 Å². The molecule has 2 aromatic heterocycles. The van der Waals surface area contributed by atoms with Gasteiger partial charge in [-0.25, -0.2) is 0 Å². The molecule has 8 heteroatoms. The van der Waals surface area contributed by atoms with E-state index < -0.39 is 6.36 Å². The van der Waals surface area contributed by atoms with Gasteiger partial charge in [-0.15, -0.1) is 13.2 Å². The summed E-state index contributed by atoms with van der Waals surface area (Å²) < 4.78 is 47.8. The molecule has 0 bridgehead atoms. The van der Waals surface area contributed by atoms with Gasteiger partial charge in [-0.3, -0.25) is 4.98 Å². The van der Waals surface area contributed by atoms with Crippen LogP contribution in [0.25, 0.3) is 33.1 Å². The molecule has 0 aliphatic heterocycles. The number of methoxy groups -OCH3 is 1. The normalized spacial score (nSPS) is 11.9. The first-order chi connectivity index (χ1) is 14.9. The number of nitrogens with two attached hydrogens (primary N) is 1. The standard InChI is InChI=1S/C23H22F3N3O2/c1-30-20-10-8-17(15-6-4-12-28-22(15)20)21-16(5-2-3-11-27)18-13-14(31-23(24,25)26)7-9-19(18)29-21/h4,6-10,12-13,29H,2-3,5,11,27H2,1H3. The van der Waals surface area contributed by atoms with E-state index in [4.69, 9.17) is 10.5 Å². The Kier molecular flexibility index (Phi) is 5.73. The molecule has 31 heavy (non-hydrogen) atoms. The number of rotatable bonds is 7. The molecule has 0 saturated carbocycles. The second kappa shape index (κ2) is 8.47. The lowest BCUT2D eigenvalue weighted by Gasteiger charge is -2.11. The SMILES string of the molecule is COc1ccc(-c2[nH]c3ccc(OC(F)(F)F)cc3c2CCCCN)c2cccnc12. The second-order valence-corrected chi connectivity index (χ2v) is 7.19. The van der Waals surface area contributed by atoms with Crippen LogP contribution in [0.2, 0.25) is 0 Å². The van der Waals surface area contributed by atoms with Crippen LogP contribution < -0.4 is 15.2 Å². The maximum absolute atomic E-state index is 12.7. The number of halogens is 3. The molecular weight excluding hydrogens is 407 g/mol. The van der Waals surface area contributed by atoms with Crippen molar-refractivity contribution in [2.45, 2.75) is 25.6 Å². The first kappa shape index (κ1) is 21.0. The second-order valence-electron chi connectivity index (χ2n) is 7.19. The average molecular weight is 429 g/mol. The summed E-state index contributed by atoms with van der Waals surface area (Å²) >= 11 is 0. The highest BCUT2D eigenvalue weighted by atomic mass is 19.4. The van der Waals surface area contributed by atoms with Gasteiger partial charge in [0.2, 0.25) is 0 Å². The van der Waals surface area contributed by atoms with E-state index in [9.17, 15) is 13.2 Å². The summed E-state index contributed by atoms with van der Waals surface area (Å²) in [5.41, 5.74) is 9.78. The van der Waals surface area contributed by atoms with E-state index in [2.05, 4.69) is 14.7 Å². The molecule has 0 atom stereocenters. The molecule has 0 saturated heterocycles. The molecule has 162 valence electrons. The average Bonchev–Trinajstić information content (AvgIpc) is 3.09. The summed E-state index contributed by atoms with van der Waals surface area (Å²) in [5.74, 6) is 0.410. The van der Waals surface area contributed by atoms with Crippen LogP contribution in [0.1, 0.15) is 18.4 Å². The molecule has 2 heterocycles. The van der Waals surface area contributed by atoms with Crippen LogP contribution in [0, 0.1) is 0 Å². The summed E-state index contributed by atoms with van der Waals surface area (Å²) in [6, 6.07) is 11.9. The first-order valence-corrected chi connectivity index (χ1v) is 9.94. The van der Waals surface area contributed by atoms with E-state index in [1.807, 2.05) is 24.3 Å². The highest BCUT2D eigenvalue weighted by molar-refractivity contribution is 6.01. The Morgan fingerprint density at radius 3 is 2.65 bits per heavy atom. The Labute approximate surface area is 177 Å². The fraction of sp³-hybridized carbons (Fsp3) is 0.261. The monoisotopic (exact) mass is 429 g/mol. The zero-order chi connectivity index (χ0) is 22.0. The largest absolute Gasteiger partial charge is 0.573 e. The number of nitrogens with zero attached hydrogens (tertiary/aromatic N) is 1. The lowest BCUT2D eigenvalue weighted by atomic mass is 9.97. The molecule has 0 unspecified atom stereocenters. The van der Waals surface area contributed by atoms with Crippen LogP contribution in [0.5, 0.6) is 11.5 Å². The minimum absolute atomic E-state index is 0.244. The number of pyridine rings is 1. The van der Waals surface area contributed by atoms with Gasteiger partial charge in [-0.1, -0.05) is 6.07 Å². The fourth-order valence-corrected chi connectivity index (χ4v) is 3.89. The number of unbranched alkanes of at least 4 members (excludes halogenated alkanes) is 1. The lowest BCUT2D eigenvalue weighted by Crippen LogP contribution is -2.16. The minimum atomic E-state index is -4.75. The zero-order valence-electron chi connectivity index (χ0n) is 16.9. The number of fused-ring (bicyclic) bond motifs is 2. The predicted octanol–water partition coefficient (Wildman–Crippen LogP) is 5.57. The van der Waals surface area contributed by atoms with E-state index in [1.54, 1.807) is 19.4 Å². The molecule has 5 nitrogen and oxygen atoms in total. The van der Waals surface area contributed by atoms with Crippen molar-refractivity contribution in [3.8, 4) is 22.8 Å². The Balaban J connectivity index is 1.91. The molecule has 0 radical (unpaired) electrons. The van der Waals surface area contributed by atoms with Gasteiger partial charge < -0.3 is 20.2 Å². The van der Waals surface area contributed by atoms with Crippen molar-refractivity contribution in [2.24, 2.45) is 5.73 Å². The number of alkyl halides is 3. The maximum Gasteiger partial charge on any atom is 0.573 e. The summed E-state index contributed by atoms with van der Waals surface area (Å²) in [7, 11) is 1.59. The van der Waals surface area contributed by atoms with Crippen LogP contribution in [-0.4, -0.2) is 30.0 Å². The molecule has 0 aliphatic carbocycles. The van der Waals surface area contributed by atoms with E-state index in [0.717, 1.165) is 46.1 Å². The Morgan fingerprint density at radius 2 is 1.90 bits per heavy atom. The fourth-order valence-electron chi connectivity index (χ4n) is 3.89. The van der Waals surface area contributed by atoms with E-state index in [1.165, 1.54) is 12.1 Å². The number of ether oxygens (including phenoxy) is 2. The molecule has 4 aromatic rings. The molecule has 2 aromatic carbocycles. The number of nitrogens with one attached hydrogen (secondary N) is 1.